The minimum atomic E-state index is -0.819. The summed E-state index contributed by atoms with van der Waals surface area (Å²) < 4.78 is 5.05. The molecule has 0 bridgehead atoms. The molecule has 2 aromatic rings. The van der Waals surface area contributed by atoms with Crippen molar-refractivity contribution >= 4 is 57.8 Å². The van der Waals surface area contributed by atoms with Crippen LogP contribution in [0.15, 0.2) is 52.2 Å². The Labute approximate surface area is 170 Å². The molecule has 1 aliphatic rings. The van der Waals surface area contributed by atoms with Crippen LogP contribution in [0.1, 0.15) is 19.6 Å². The topological polar surface area (TPSA) is 81.3 Å². The molecule has 1 saturated heterocycles. The standard InChI is InChI=1S/C17H17ClN4O3S2/c1-17(2)14(21(16(26)27-17)19-10-13-7-4-8-25-13)22(24)15(23)20-12-6-3-5-11(18)9-12/h3-10,14,24H,1-2H3,(H,20,23)/b19-10-/t14-/m0/s1. The third-order valence-electron chi connectivity index (χ3n) is 3.76. The molecule has 0 radical (unpaired) electrons. The molecule has 3 rings (SSSR count). The fourth-order valence-electron chi connectivity index (χ4n) is 2.57. The third-order valence-corrected chi connectivity index (χ3v) is 5.53. The number of thiocarbonyl (C=S) groups is 1. The lowest BCUT2D eigenvalue weighted by Crippen LogP contribution is -2.54. The van der Waals surface area contributed by atoms with E-state index in [9.17, 15) is 10.0 Å². The number of nitrogens with zero attached hydrogens (tertiary/aromatic N) is 3. The van der Waals surface area contributed by atoms with Gasteiger partial charge in [0.1, 0.15) is 5.76 Å². The zero-order valence-corrected chi connectivity index (χ0v) is 16.9. The monoisotopic (exact) mass is 424 g/mol. The number of hydrazone groups is 1. The second-order valence-electron chi connectivity index (χ2n) is 6.23. The lowest BCUT2D eigenvalue weighted by Gasteiger charge is -2.34. The summed E-state index contributed by atoms with van der Waals surface area (Å²) in [5, 5.41) is 20.0. The van der Waals surface area contributed by atoms with Gasteiger partial charge in [-0.2, -0.15) is 10.2 Å². The second kappa shape index (κ2) is 7.89. The van der Waals surface area contributed by atoms with E-state index in [2.05, 4.69) is 10.4 Å². The van der Waals surface area contributed by atoms with Crippen LogP contribution in [0, 0.1) is 0 Å². The summed E-state index contributed by atoms with van der Waals surface area (Å²) >= 11 is 12.6. The molecule has 0 aliphatic carbocycles. The molecule has 1 aliphatic heterocycles. The first-order chi connectivity index (χ1) is 12.8. The van der Waals surface area contributed by atoms with Crippen LogP contribution < -0.4 is 5.32 Å². The van der Waals surface area contributed by atoms with E-state index >= 15 is 0 Å². The van der Waals surface area contributed by atoms with Gasteiger partial charge in [0.2, 0.25) is 0 Å². The van der Waals surface area contributed by atoms with E-state index in [-0.39, 0.29) is 0 Å². The highest BCUT2D eigenvalue weighted by molar-refractivity contribution is 8.24. The zero-order chi connectivity index (χ0) is 19.6. The van der Waals surface area contributed by atoms with Crippen LogP contribution in [0.2, 0.25) is 5.02 Å². The van der Waals surface area contributed by atoms with Crippen LogP contribution in [0.25, 0.3) is 0 Å². The van der Waals surface area contributed by atoms with Gasteiger partial charge in [-0.15, -0.1) is 0 Å². The van der Waals surface area contributed by atoms with E-state index in [1.54, 1.807) is 36.4 Å². The van der Waals surface area contributed by atoms with Crippen molar-refractivity contribution in [3.8, 4) is 0 Å². The summed E-state index contributed by atoms with van der Waals surface area (Å²) in [5.74, 6) is 0.527. The normalized spacial score (nSPS) is 18.9. The molecule has 2 heterocycles. The summed E-state index contributed by atoms with van der Waals surface area (Å²) in [5.41, 5.74) is 0.461. The van der Waals surface area contributed by atoms with E-state index in [1.807, 2.05) is 13.8 Å². The van der Waals surface area contributed by atoms with Gasteiger partial charge in [-0.05, 0) is 44.2 Å². The Bertz CT molecular complexity index is 873. The number of thioether (sulfide) groups is 1. The van der Waals surface area contributed by atoms with E-state index in [0.717, 1.165) is 0 Å². The van der Waals surface area contributed by atoms with Gasteiger partial charge in [-0.3, -0.25) is 5.21 Å². The summed E-state index contributed by atoms with van der Waals surface area (Å²) in [4.78, 5) is 12.6. The molecule has 1 aromatic heterocycles. The number of hydroxylamine groups is 2. The Kier molecular flexibility index (Phi) is 5.75. The summed E-state index contributed by atoms with van der Waals surface area (Å²) in [7, 11) is 0. The zero-order valence-electron chi connectivity index (χ0n) is 14.5. The molecule has 1 atom stereocenters. The lowest BCUT2D eigenvalue weighted by molar-refractivity contribution is -0.114. The van der Waals surface area contributed by atoms with Gasteiger partial charge in [0.05, 0.1) is 17.2 Å². The predicted molar refractivity (Wildman–Crippen MR) is 110 cm³/mol. The van der Waals surface area contributed by atoms with Gasteiger partial charge in [0, 0.05) is 10.7 Å². The predicted octanol–water partition coefficient (Wildman–Crippen LogP) is 4.63. The minimum absolute atomic E-state index is 0.433. The van der Waals surface area contributed by atoms with Crippen LogP contribution in [0.4, 0.5) is 10.5 Å². The number of hydrogen-bond donors (Lipinski definition) is 2. The van der Waals surface area contributed by atoms with Crippen molar-refractivity contribution in [2.75, 3.05) is 5.32 Å². The van der Waals surface area contributed by atoms with Crippen molar-refractivity contribution in [1.82, 2.24) is 10.1 Å². The van der Waals surface area contributed by atoms with Gasteiger partial charge in [0.15, 0.2) is 10.5 Å². The molecule has 1 aromatic carbocycles. The molecule has 0 saturated carbocycles. The first-order valence-corrected chi connectivity index (χ1v) is 9.52. The fourth-order valence-corrected chi connectivity index (χ4v) is 4.55. The first kappa shape index (κ1) is 19.7. The van der Waals surface area contributed by atoms with E-state index in [1.165, 1.54) is 29.2 Å². The smallest absolute Gasteiger partial charge is 0.347 e. The largest absolute Gasteiger partial charge is 0.463 e. The molecule has 10 heteroatoms. The number of rotatable bonds is 4. The highest BCUT2D eigenvalue weighted by Gasteiger charge is 2.50. The molecule has 7 nitrogen and oxygen atoms in total. The highest BCUT2D eigenvalue weighted by atomic mass is 35.5. The molecular formula is C17H17ClN4O3S2. The average molecular weight is 425 g/mol. The van der Waals surface area contributed by atoms with Crippen molar-refractivity contribution in [3.63, 3.8) is 0 Å². The fraction of sp³-hybridized carbons (Fsp3) is 0.235. The number of benzene rings is 1. The number of furan rings is 1. The van der Waals surface area contributed by atoms with E-state index in [4.69, 9.17) is 28.2 Å². The Morgan fingerprint density at radius 1 is 1.48 bits per heavy atom. The Balaban J connectivity index is 1.81. The molecule has 0 spiro atoms. The summed E-state index contributed by atoms with van der Waals surface area (Å²) in [6.07, 6.45) is 2.18. The van der Waals surface area contributed by atoms with E-state index < -0.39 is 16.9 Å². The molecular weight excluding hydrogens is 408 g/mol. The average Bonchev–Trinajstić information content (AvgIpc) is 3.17. The Hall–Kier alpha value is -2.07. The first-order valence-electron chi connectivity index (χ1n) is 7.92. The molecule has 2 N–H and O–H groups in total. The van der Waals surface area contributed by atoms with Gasteiger partial charge in [-0.1, -0.05) is 41.6 Å². The van der Waals surface area contributed by atoms with Crippen molar-refractivity contribution in [2.24, 2.45) is 5.10 Å². The van der Waals surface area contributed by atoms with Crippen LogP contribution in [-0.2, 0) is 0 Å². The summed E-state index contributed by atoms with van der Waals surface area (Å²) in [6, 6.07) is 9.38. The number of halogens is 1. The SMILES string of the molecule is CC1(C)SC(=S)N(/N=C\c2ccco2)[C@H]1N(O)C(=O)Nc1cccc(Cl)c1. The lowest BCUT2D eigenvalue weighted by atomic mass is 10.1. The molecule has 2 amide bonds. The quantitative estimate of drug-likeness (QED) is 0.322. The molecule has 142 valence electrons. The molecule has 0 unspecified atom stereocenters. The van der Waals surface area contributed by atoms with Crippen LogP contribution in [0.3, 0.4) is 0 Å². The minimum Gasteiger partial charge on any atom is -0.463 e. The Morgan fingerprint density at radius 3 is 2.93 bits per heavy atom. The highest BCUT2D eigenvalue weighted by Crippen LogP contribution is 2.42. The van der Waals surface area contributed by atoms with Gasteiger partial charge in [-0.25, -0.2) is 9.80 Å². The van der Waals surface area contributed by atoms with Gasteiger partial charge < -0.3 is 9.73 Å². The number of anilines is 1. The number of nitrogens with one attached hydrogen (secondary N) is 1. The molecule has 1 fully saturated rings. The van der Waals surface area contributed by atoms with Gasteiger partial charge >= 0.3 is 6.03 Å². The number of urea groups is 1. The van der Waals surface area contributed by atoms with Crippen molar-refractivity contribution in [3.05, 3.63) is 53.4 Å². The van der Waals surface area contributed by atoms with Crippen LogP contribution in [-0.4, -0.2) is 42.8 Å². The molecule has 27 heavy (non-hydrogen) atoms. The van der Waals surface area contributed by atoms with Crippen molar-refractivity contribution < 1.29 is 14.4 Å². The van der Waals surface area contributed by atoms with Gasteiger partial charge in [0.25, 0.3) is 0 Å². The Morgan fingerprint density at radius 2 is 2.26 bits per heavy atom. The number of hydrogen-bond acceptors (Lipinski definition) is 6. The maximum absolute atomic E-state index is 12.6. The maximum atomic E-state index is 12.6. The second-order valence-corrected chi connectivity index (χ2v) is 8.96. The van der Waals surface area contributed by atoms with E-state index in [0.29, 0.717) is 25.9 Å². The summed E-state index contributed by atoms with van der Waals surface area (Å²) in [6.45, 7) is 3.74. The van der Waals surface area contributed by atoms with Crippen molar-refractivity contribution in [2.45, 2.75) is 24.8 Å². The number of carbonyl (C=O) groups excluding carboxylic acids is 1. The van der Waals surface area contributed by atoms with Crippen LogP contribution in [0.5, 0.6) is 0 Å². The van der Waals surface area contributed by atoms with Crippen molar-refractivity contribution in [1.29, 1.82) is 0 Å². The van der Waals surface area contributed by atoms with Crippen LogP contribution >= 0.6 is 35.6 Å². The number of amides is 2. The third kappa shape index (κ3) is 4.44. The maximum Gasteiger partial charge on any atom is 0.347 e. The number of carbonyl (C=O) groups is 1.